The third-order valence-corrected chi connectivity index (χ3v) is 2.75. The Labute approximate surface area is 109 Å². The number of hydrogen-bond acceptors (Lipinski definition) is 4. The van der Waals surface area contributed by atoms with Gasteiger partial charge in [-0.3, -0.25) is 0 Å². The summed E-state index contributed by atoms with van der Waals surface area (Å²) in [7, 11) is 2.71. The van der Waals surface area contributed by atoms with Crippen molar-refractivity contribution < 1.29 is 24.1 Å². The molecular formula is C14H13FO4. The van der Waals surface area contributed by atoms with Crippen LogP contribution in [0.1, 0.15) is 0 Å². The summed E-state index contributed by atoms with van der Waals surface area (Å²) in [6, 6.07) is 6.86. The van der Waals surface area contributed by atoms with Gasteiger partial charge in [0.2, 0.25) is 11.5 Å². The fourth-order valence-corrected chi connectivity index (χ4v) is 1.85. The Kier molecular flexibility index (Phi) is 3.46. The lowest BCUT2D eigenvalue weighted by Crippen LogP contribution is -1.93. The van der Waals surface area contributed by atoms with Crippen LogP contribution in [0.3, 0.4) is 0 Å². The van der Waals surface area contributed by atoms with Gasteiger partial charge < -0.3 is 19.7 Å². The summed E-state index contributed by atoms with van der Waals surface area (Å²) >= 11 is 0. The third-order valence-electron chi connectivity index (χ3n) is 2.75. The van der Waals surface area contributed by atoms with Crippen LogP contribution in [-0.4, -0.2) is 24.4 Å². The number of rotatable bonds is 3. The molecule has 0 fully saturated rings. The van der Waals surface area contributed by atoms with Gasteiger partial charge in [-0.1, -0.05) is 12.1 Å². The molecule has 0 aromatic heterocycles. The van der Waals surface area contributed by atoms with E-state index in [9.17, 15) is 14.6 Å². The number of phenols is 2. The monoisotopic (exact) mass is 264 g/mol. The molecule has 4 nitrogen and oxygen atoms in total. The minimum absolute atomic E-state index is 0.0295. The molecule has 0 saturated heterocycles. The van der Waals surface area contributed by atoms with Crippen LogP contribution in [0.15, 0.2) is 30.3 Å². The predicted molar refractivity (Wildman–Crippen MR) is 68.3 cm³/mol. The van der Waals surface area contributed by atoms with Crippen molar-refractivity contribution in [2.75, 3.05) is 14.2 Å². The number of aromatic hydroxyl groups is 2. The molecule has 19 heavy (non-hydrogen) atoms. The van der Waals surface area contributed by atoms with Crippen molar-refractivity contribution in [1.29, 1.82) is 0 Å². The topological polar surface area (TPSA) is 58.9 Å². The molecule has 0 atom stereocenters. The minimum atomic E-state index is -0.382. The van der Waals surface area contributed by atoms with Crippen molar-refractivity contribution in [2.24, 2.45) is 0 Å². The number of methoxy groups -OCH3 is 2. The first-order valence-electron chi connectivity index (χ1n) is 5.51. The summed E-state index contributed by atoms with van der Waals surface area (Å²) in [5.41, 5.74) is 0.880. The van der Waals surface area contributed by atoms with Crippen molar-refractivity contribution in [1.82, 2.24) is 0 Å². The van der Waals surface area contributed by atoms with Gasteiger partial charge in [-0.2, -0.15) is 0 Å². The second kappa shape index (κ2) is 5.06. The Balaban J connectivity index is 2.65. The SMILES string of the molecule is COc1c(O)cc(-c2ccc(F)cc2)c(O)c1OC. The summed E-state index contributed by atoms with van der Waals surface area (Å²) in [6.07, 6.45) is 0. The fraction of sp³-hybridized carbons (Fsp3) is 0.143. The Morgan fingerprint density at radius 1 is 0.947 bits per heavy atom. The smallest absolute Gasteiger partial charge is 0.207 e. The molecule has 2 aromatic carbocycles. The van der Waals surface area contributed by atoms with Crippen molar-refractivity contribution in [3.8, 4) is 34.1 Å². The van der Waals surface area contributed by atoms with Crippen LogP contribution < -0.4 is 9.47 Å². The molecule has 5 heteroatoms. The zero-order valence-electron chi connectivity index (χ0n) is 10.5. The molecule has 0 bridgehead atoms. The van der Waals surface area contributed by atoms with Gasteiger partial charge in [0, 0.05) is 5.56 Å². The van der Waals surface area contributed by atoms with E-state index < -0.39 is 0 Å². The lowest BCUT2D eigenvalue weighted by molar-refractivity contribution is 0.317. The maximum Gasteiger partial charge on any atom is 0.207 e. The summed E-state index contributed by atoms with van der Waals surface area (Å²) in [5.74, 6) is -0.652. The largest absolute Gasteiger partial charge is 0.504 e. The summed E-state index contributed by atoms with van der Waals surface area (Å²) < 4.78 is 22.9. The molecule has 2 aromatic rings. The quantitative estimate of drug-likeness (QED) is 0.837. The molecule has 100 valence electrons. The third kappa shape index (κ3) is 2.27. The van der Waals surface area contributed by atoms with E-state index in [0.717, 1.165) is 0 Å². The molecule has 2 rings (SSSR count). The predicted octanol–water partition coefficient (Wildman–Crippen LogP) is 2.92. The molecule has 0 unspecified atom stereocenters. The van der Waals surface area contributed by atoms with E-state index in [4.69, 9.17) is 9.47 Å². The van der Waals surface area contributed by atoms with Gasteiger partial charge >= 0.3 is 0 Å². The van der Waals surface area contributed by atoms with Crippen molar-refractivity contribution >= 4 is 0 Å². The number of hydrogen-bond donors (Lipinski definition) is 2. The number of halogens is 1. The lowest BCUT2D eigenvalue weighted by atomic mass is 10.0. The molecule has 0 radical (unpaired) electrons. The van der Waals surface area contributed by atoms with Crippen LogP contribution in [0, 0.1) is 5.82 Å². The van der Waals surface area contributed by atoms with Gasteiger partial charge in [0.25, 0.3) is 0 Å². The van der Waals surface area contributed by atoms with E-state index in [0.29, 0.717) is 11.1 Å². The van der Waals surface area contributed by atoms with Crippen LogP contribution in [0.25, 0.3) is 11.1 Å². The highest BCUT2D eigenvalue weighted by molar-refractivity contribution is 5.78. The molecule has 0 aliphatic rings. The lowest BCUT2D eigenvalue weighted by Gasteiger charge is -2.14. The fourth-order valence-electron chi connectivity index (χ4n) is 1.85. The van der Waals surface area contributed by atoms with Crippen molar-refractivity contribution in [3.05, 3.63) is 36.1 Å². The van der Waals surface area contributed by atoms with E-state index in [2.05, 4.69) is 0 Å². The van der Waals surface area contributed by atoms with Crippen LogP contribution >= 0.6 is 0 Å². The summed E-state index contributed by atoms with van der Waals surface area (Å²) in [4.78, 5) is 0. The Hall–Kier alpha value is -2.43. The van der Waals surface area contributed by atoms with Crippen molar-refractivity contribution in [3.63, 3.8) is 0 Å². The highest BCUT2D eigenvalue weighted by Gasteiger charge is 2.20. The highest BCUT2D eigenvalue weighted by atomic mass is 19.1. The Morgan fingerprint density at radius 3 is 2.05 bits per heavy atom. The van der Waals surface area contributed by atoms with Crippen molar-refractivity contribution in [2.45, 2.75) is 0 Å². The minimum Gasteiger partial charge on any atom is -0.504 e. The number of benzene rings is 2. The Morgan fingerprint density at radius 2 is 1.53 bits per heavy atom. The van der Waals surface area contributed by atoms with Crippen LogP contribution in [0.2, 0.25) is 0 Å². The number of phenolic OH excluding ortho intramolecular Hbond substituents is 2. The average molecular weight is 264 g/mol. The molecule has 2 N–H and O–H groups in total. The maximum atomic E-state index is 12.9. The standard InChI is InChI=1S/C14H13FO4/c1-18-13-11(16)7-10(12(17)14(13)19-2)8-3-5-9(15)6-4-8/h3-7,16-17H,1-2H3. The van der Waals surface area contributed by atoms with Gasteiger partial charge in [-0.25, -0.2) is 4.39 Å². The van der Waals surface area contributed by atoms with Crippen LogP contribution in [-0.2, 0) is 0 Å². The average Bonchev–Trinajstić information content (AvgIpc) is 2.41. The second-order valence-electron chi connectivity index (χ2n) is 3.87. The summed E-state index contributed by atoms with van der Waals surface area (Å²) in [6.45, 7) is 0. The first-order valence-corrected chi connectivity index (χ1v) is 5.51. The van der Waals surface area contributed by atoms with Gasteiger partial charge in [0.15, 0.2) is 11.5 Å². The first kappa shape index (κ1) is 13.0. The second-order valence-corrected chi connectivity index (χ2v) is 3.87. The Bertz CT molecular complexity index is 593. The zero-order chi connectivity index (χ0) is 14.0. The summed E-state index contributed by atoms with van der Waals surface area (Å²) in [5, 5.41) is 20.0. The molecule has 0 aliphatic heterocycles. The molecule has 0 aliphatic carbocycles. The normalized spacial score (nSPS) is 10.3. The van der Waals surface area contributed by atoms with E-state index in [-0.39, 0.29) is 28.8 Å². The van der Waals surface area contributed by atoms with E-state index in [1.807, 2.05) is 0 Å². The van der Waals surface area contributed by atoms with Gasteiger partial charge in [-0.05, 0) is 23.8 Å². The highest BCUT2D eigenvalue weighted by Crippen LogP contribution is 2.48. The molecule has 0 saturated carbocycles. The maximum absolute atomic E-state index is 12.9. The van der Waals surface area contributed by atoms with E-state index in [1.165, 1.54) is 44.6 Å². The molecular weight excluding hydrogens is 251 g/mol. The van der Waals surface area contributed by atoms with E-state index in [1.54, 1.807) is 0 Å². The van der Waals surface area contributed by atoms with Gasteiger partial charge in [0.1, 0.15) is 5.82 Å². The molecule has 0 heterocycles. The molecule has 0 amide bonds. The van der Waals surface area contributed by atoms with E-state index >= 15 is 0 Å². The first-order chi connectivity index (χ1) is 9.08. The zero-order valence-corrected chi connectivity index (χ0v) is 10.5. The number of ether oxygens (including phenoxy) is 2. The van der Waals surface area contributed by atoms with Crippen LogP contribution in [0.4, 0.5) is 4.39 Å². The van der Waals surface area contributed by atoms with Gasteiger partial charge in [0.05, 0.1) is 14.2 Å². The van der Waals surface area contributed by atoms with Gasteiger partial charge in [-0.15, -0.1) is 0 Å². The molecule has 0 spiro atoms. The van der Waals surface area contributed by atoms with Crippen LogP contribution in [0.5, 0.6) is 23.0 Å².